The molecular formula is C26H30N4O2. The first kappa shape index (κ1) is 21.8. The first-order chi connectivity index (χ1) is 15.5. The number of rotatable bonds is 7. The summed E-state index contributed by atoms with van der Waals surface area (Å²) in [4.78, 5) is 32.1. The van der Waals surface area contributed by atoms with Crippen molar-refractivity contribution in [3.05, 3.63) is 66.4 Å². The van der Waals surface area contributed by atoms with Crippen molar-refractivity contribution >= 4 is 17.8 Å². The smallest absolute Gasteiger partial charge is 0.246 e. The molecule has 6 nitrogen and oxygen atoms in total. The maximum absolute atomic E-state index is 12.9. The molecule has 1 aromatic heterocycles. The van der Waals surface area contributed by atoms with E-state index in [4.69, 9.17) is 4.98 Å². The number of nitrogens with zero attached hydrogens (tertiary/aromatic N) is 3. The molecule has 6 heteroatoms. The summed E-state index contributed by atoms with van der Waals surface area (Å²) >= 11 is 0. The Bertz CT molecular complexity index is 1080. The SMILES string of the molecule is CCN(CC(=O)Nc1nc(-c2ccccc2)cn1-c1cccc(C)c1)C(=O)C1CCCC1. The molecule has 1 saturated carbocycles. The number of imidazole rings is 1. The maximum atomic E-state index is 12.9. The average molecular weight is 431 g/mol. The Morgan fingerprint density at radius 2 is 1.84 bits per heavy atom. The standard InChI is InChI=1S/C26H30N4O2/c1-3-29(25(32)21-13-7-8-14-21)18-24(31)28-26-27-23(20-11-5-4-6-12-20)17-30(26)22-15-9-10-19(2)16-22/h4-6,9-12,15-17,21H,3,7-8,13-14,18H2,1-2H3,(H,27,28,31). The lowest BCUT2D eigenvalue weighted by Gasteiger charge is -2.23. The second-order valence-electron chi connectivity index (χ2n) is 8.41. The van der Waals surface area contributed by atoms with E-state index in [9.17, 15) is 9.59 Å². The number of nitrogens with one attached hydrogen (secondary N) is 1. The van der Waals surface area contributed by atoms with Crippen molar-refractivity contribution in [1.82, 2.24) is 14.5 Å². The molecule has 0 unspecified atom stereocenters. The molecule has 0 radical (unpaired) electrons. The van der Waals surface area contributed by atoms with E-state index in [0.717, 1.165) is 48.2 Å². The zero-order valence-corrected chi connectivity index (χ0v) is 18.8. The van der Waals surface area contributed by atoms with Crippen LogP contribution in [0.5, 0.6) is 0 Å². The van der Waals surface area contributed by atoms with Crippen molar-refractivity contribution in [3.63, 3.8) is 0 Å². The first-order valence-corrected chi connectivity index (χ1v) is 11.4. The number of carbonyl (C=O) groups is 2. The summed E-state index contributed by atoms with van der Waals surface area (Å²) < 4.78 is 1.89. The molecule has 32 heavy (non-hydrogen) atoms. The predicted molar refractivity (Wildman–Crippen MR) is 127 cm³/mol. The minimum atomic E-state index is -0.239. The van der Waals surface area contributed by atoms with Crippen molar-refractivity contribution in [2.45, 2.75) is 39.5 Å². The highest BCUT2D eigenvalue weighted by atomic mass is 16.2. The minimum Gasteiger partial charge on any atom is -0.333 e. The van der Waals surface area contributed by atoms with Crippen LogP contribution in [0.1, 0.15) is 38.2 Å². The van der Waals surface area contributed by atoms with Crippen LogP contribution >= 0.6 is 0 Å². The van der Waals surface area contributed by atoms with Crippen LogP contribution in [0.15, 0.2) is 60.8 Å². The molecule has 1 fully saturated rings. The van der Waals surface area contributed by atoms with Gasteiger partial charge in [0.2, 0.25) is 17.8 Å². The summed E-state index contributed by atoms with van der Waals surface area (Å²) in [5, 5.41) is 2.95. The molecule has 0 spiro atoms. The summed E-state index contributed by atoms with van der Waals surface area (Å²) in [5.41, 5.74) is 3.79. The number of hydrogen-bond acceptors (Lipinski definition) is 3. The molecule has 3 aromatic rings. The molecule has 0 bridgehead atoms. The van der Waals surface area contributed by atoms with Crippen LogP contribution in [0.3, 0.4) is 0 Å². The van der Waals surface area contributed by atoms with E-state index in [1.165, 1.54) is 0 Å². The Morgan fingerprint density at radius 1 is 1.09 bits per heavy atom. The molecule has 1 N–H and O–H groups in total. The van der Waals surface area contributed by atoms with Crippen molar-refractivity contribution in [2.24, 2.45) is 5.92 Å². The normalized spacial score (nSPS) is 13.8. The van der Waals surface area contributed by atoms with Crippen LogP contribution in [0.4, 0.5) is 5.95 Å². The predicted octanol–water partition coefficient (Wildman–Crippen LogP) is 4.82. The molecule has 2 amide bonds. The van der Waals surface area contributed by atoms with Gasteiger partial charge in [0.15, 0.2) is 0 Å². The number of likely N-dealkylation sites (N-methyl/N-ethyl adjacent to an activating group) is 1. The number of amides is 2. The average Bonchev–Trinajstić information content (AvgIpc) is 3.48. The van der Waals surface area contributed by atoms with Crippen molar-refractivity contribution in [3.8, 4) is 16.9 Å². The van der Waals surface area contributed by atoms with Gasteiger partial charge in [-0.1, -0.05) is 55.3 Å². The van der Waals surface area contributed by atoms with Crippen molar-refractivity contribution in [1.29, 1.82) is 0 Å². The van der Waals surface area contributed by atoms with Crippen LogP contribution in [-0.4, -0.2) is 39.4 Å². The second-order valence-corrected chi connectivity index (χ2v) is 8.41. The summed E-state index contributed by atoms with van der Waals surface area (Å²) in [6.45, 7) is 4.50. The molecule has 0 atom stereocenters. The largest absolute Gasteiger partial charge is 0.333 e. The molecule has 1 heterocycles. The molecular weight excluding hydrogens is 400 g/mol. The molecule has 166 valence electrons. The second kappa shape index (κ2) is 9.81. The highest BCUT2D eigenvalue weighted by molar-refractivity contribution is 5.94. The quantitative estimate of drug-likeness (QED) is 0.584. The van der Waals surface area contributed by atoms with Crippen molar-refractivity contribution in [2.75, 3.05) is 18.4 Å². The first-order valence-electron chi connectivity index (χ1n) is 11.4. The fourth-order valence-corrected chi connectivity index (χ4v) is 4.31. The van der Waals surface area contributed by atoms with E-state index in [1.807, 2.05) is 79.2 Å². The number of aromatic nitrogens is 2. The van der Waals surface area contributed by atoms with Gasteiger partial charge in [0.1, 0.15) is 0 Å². The fraction of sp³-hybridized carbons (Fsp3) is 0.346. The number of benzene rings is 2. The van der Waals surface area contributed by atoms with E-state index in [1.54, 1.807) is 4.90 Å². The minimum absolute atomic E-state index is 0.0349. The lowest BCUT2D eigenvalue weighted by Crippen LogP contribution is -2.40. The van der Waals surface area contributed by atoms with Gasteiger partial charge in [-0.05, 0) is 44.4 Å². The van der Waals surface area contributed by atoms with Gasteiger partial charge in [0.25, 0.3) is 0 Å². The van der Waals surface area contributed by atoms with Crippen molar-refractivity contribution < 1.29 is 9.59 Å². The van der Waals surface area contributed by atoms with Crippen LogP contribution < -0.4 is 5.32 Å². The third-order valence-electron chi connectivity index (χ3n) is 6.04. The van der Waals surface area contributed by atoms with E-state index in [-0.39, 0.29) is 24.3 Å². The van der Waals surface area contributed by atoms with Gasteiger partial charge in [-0.25, -0.2) is 4.98 Å². The van der Waals surface area contributed by atoms with Crippen LogP contribution in [0.2, 0.25) is 0 Å². The van der Waals surface area contributed by atoms with E-state index >= 15 is 0 Å². The summed E-state index contributed by atoms with van der Waals surface area (Å²) in [6.07, 6.45) is 5.97. The van der Waals surface area contributed by atoms with Gasteiger partial charge in [-0.2, -0.15) is 0 Å². The topological polar surface area (TPSA) is 67.2 Å². The molecule has 1 aliphatic carbocycles. The lowest BCUT2D eigenvalue weighted by atomic mass is 10.1. The number of hydrogen-bond donors (Lipinski definition) is 1. The van der Waals surface area contributed by atoms with E-state index in [2.05, 4.69) is 5.32 Å². The highest BCUT2D eigenvalue weighted by Crippen LogP contribution is 2.27. The van der Waals surface area contributed by atoms with Gasteiger partial charge in [0, 0.05) is 29.9 Å². The summed E-state index contributed by atoms with van der Waals surface area (Å²) in [6, 6.07) is 17.9. The van der Waals surface area contributed by atoms with Crippen LogP contribution in [0, 0.1) is 12.8 Å². The van der Waals surface area contributed by atoms with Crippen LogP contribution in [0.25, 0.3) is 16.9 Å². The van der Waals surface area contributed by atoms with Gasteiger partial charge >= 0.3 is 0 Å². The summed E-state index contributed by atoms with van der Waals surface area (Å²) in [5.74, 6) is 0.356. The van der Waals surface area contributed by atoms with Crippen LogP contribution in [-0.2, 0) is 9.59 Å². The third-order valence-corrected chi connectivity index (χ3v) is 6.04. The number of aryl methyl sites for hydroxylation is 1. The van der Waals surface area contributed by atoms with Gasteiger partial charge < -0.3 is 4.90 Å². The van der Waals surface area contributed by atoms with Gasteiger partial charge in [-0.15, -0.1) is 0 Å². The molecule has 0 aliphatic heterocycles. The number of anilines is 1. The Hall–Kier alpha value is -3.41. The Balaban J connectivity index is 1.58. The van der Waals surface area contributed by atoms with E-state index in [0.29, 0.717) is 12.5 Å². The maximum Gasteiger partial charge on any atom is 0.246 e. The molecule has 0 saturated heterocycles. The zero-order chi connectivity index (χ0) is 22.5. The van der Waals surface area contributed by atoms with Gasteiger partial charge in [-0.3, -0.25) is 19.5 Å². The zero-order valence-electron chi connectivity index (χ0n) is 18.8. The Labute approximate surface area is 189 Å². The molecule has 2 aromatic carbocycles. The van der Waals surface area contributed by atoms with E-state index < -0.39 is 0 Å². The molecule has 4 rings (SSSR count). The Kier molecular flexibility index (Phi) is 6.69. The van der Waals surface area contributed by atoms with Gasteiger partial charge in [0.05, 0.1) is 12.2 Å². The Morgan fingerprint density at radius 3 is 2.53 bits per heavy atom. The summed E-state index contributed by atoms with van der Waals surface area (Å²) in [7, 11) is 0. The highest BCUT2D eigenvalue weighted by Gasteiger charge is 2.28. The third kappa shape index (κ3) is 4.90. The monoisotopic (exact) mass is 430 g/mol. The fourth-order valence-electron chi connectivity index (χ4n) is 4.31. The molecule has 1 aliphatic rings. The lowest BCUT2D eigenvalue weighted by molar-refractivity contribution is -0.138. The number of carbonyl (C=O) groups excluding carboxylic acids is 2.